The van der Waals surface area contributed by atoms with Crippen LogP contribution < -0.4 is 0 Å². The van der Waals surface area contributed by atoms with Gasteiger partial charge in [0.25, 0.3) is 0 Å². The number of hydrogen-bond donors (Lipinski definition) is 1. The van der Waals surface area contributed by atoms with Crippen LogP contribution in [0.2, 0.25) is 5.02 Å². The summed E-state index contributed by atoms with van der Waals surface area (Å²) in [4.78, 5) is 17.7. The largest absolute Gasteiger partial charge is 0.444 e. The van der Waals surface area contributed by atoms with Crippen molar-refractivity contribution in [1.82, 2.24) is 9.88 Å². The van der Waals surface area contributed by atoms with Crippen molar-refractivity contribution in [3.63, 3.8) is 0 Å². The number of fused-ring (bicyclic) bond motifs is 1. The number of hydrogen-bond acceptors (Lipinski definition) is 2. The van der Waals surface area contributed by atoms with Crippen LogP contribution in [0, 0.1) is 6.92 Å². The molecule has 3 rings (SSSR count). The molecule has 1 aliphatic heterocycles. The number of benzene rings is 1. The van der Waals surface area contributed by atoms with E-state index in [9.17, 15) is 4.79 Å². The summed E-state index contributed by atoms with van der Waals surface area (Å²) in [6, 6.07) is 5.96. The Bertz CT molecular complexity index is 761. The fourth-order valence-electron chi connectivity index (χ4n) is 3.45. The van der Waals surface area contributed by atoms with Gasteiger partial charge in [-0.25, -0.2) is 4.79 Å². The number of aromatic amines is 1. The van der Waals surface area contributed by atoms with E-state index in [-0.39, 0.29) is 12.0 Å². The zero-order valence-corrected chi connectivity index (χ0v) is 15.5. The van der Waals surface area contributed by atoms with E-state index >= 15 is 0 Å². The quantitative estimate of drug-likeness (QED) is 0.765. The fourth-order valence-corrected chi connectivity index (χ4v) is 3.67. The first-order chi connectivity index (χ1) is 11.3. The molecule has 5 heteroatoms. The molecule has 130 valence electrons. The summed E-state index contributed by atoms with van der Waals surface area (Å²) >= 11 is 6.32. The smallest absolute Gasteiger partial charge is 0.410 e. The monoisotopic (exact) mass is 348 g/mol. The van der Waals surface area contributed by atoms with Gasteiger partial charge >= 0.3 is 6.09 Å². The Morgan fingerprint density at radius 3 is 2.79 bits per heavy atom. The predicted octanol–water partition coefficient (Wildman–Crippen LogP) is 5.24. The predicted molar refractivity (Wildman–Crippen MR) is 97.8 cm³/mol. The Hall–Kier alpha value is -1.68. The zero-order valence-electron chi connectivity index (χ0n) is 14.8. The van der Waals surface area contributed by atoms with Gasteiger partial charge in [-0.15, -0.1) is 0 Å². The number of aryl methyl sites for hydroxylation is 1. The first-order valence-electron chi connectivity index (χ1n) is 8.51. The van der Waals surface area contributed by atoms with E-state index < -0.39 is 5.60 Å². The summed E-state index contributed by atoms with van der Waals surface area (Å²) in [6.07, 6.45) is 1.82. The van der Waals surface area contributed by atoms with E-state index in [4.69, 9.17) is 16.3 Å². The lowest BCUT2D eigenvalue weighted by molar-refractivity contribution is 0.0197. The molecule has 0 spiro atoms. The van der Waals surface area contributed by atoms with Gasteiger partial charge in [0.15, 0.2) is 0 Å². The minimum atomic E-state index is -0.464. The van der Waals surface area contributed by atoms with Crippen molar-refractivity contribution < 1.29 is 9.53 Å². The highest BCUT2D eigenvalue weighted by atomic mass is 35.5. The summed E-state index contributed by atoms with van der Waals surface area (Å²) in [5, 5.41) is 1.90. The molecule has 0 saturated carbocycles. The Labute approximate surface area is 148 Å². The first kappa shape index (κ1) is 17.2. The number of nitrogens with zero attached hydrogens (tertiary/aromatic N) is 1. The highest BCUT2D eigenvalue weighted by Gasteiger charge is 2.30. The molecule has 2 heterocycles. The molecule has 1 unspecified atom stereocenters. The molecule has 0 radical (unpaired) electrons. The number of piperidine rings is 1. The average molecular weight is 349 g/mol. The molecular formula is C19H25ClN2O2. The number of para-hydroxylation sites is 1. The van der Waals surface area contributed by atoms with Gasteiger partial charge in [0.05, 0.1) is 10.5 Å². The van der Waals surface area contributed by atoms with Gasteiger partial charge in [0, 0.05) is 30.1 Å². The van der Waals surface area contributed by atoms with Gasteiger partial charge in [0.2, 0.25) is 0 Å². The highest BCUT2D eigenvalue weighted by molar-refractivity contribution is 6.35. The summed E-state index contributed by atoms with van der Waals surface area (Å²) in [5.74, 6) is 0.287. The molecule has 0 aliphatic carbocycles. The maximum absolute atomic E-state index is 12.4. The topological polar surface area (TPSA) is 45.3 Å². The average Bonchev–Trinajstić information content (AvgIpc) is 2.85. The standard InChI is InChI=1S/C19H25ClN2O2/c1-12-14-8-5-9-15(20)17(14)21-16(12)13-7-6-10-22(11-13)18(23)24-19(2,3)4/h5,8-9,13,21H,6-7,10-11H2,1-4H3. The van der Waals surface area contributed by atoms with E-state index in [1.807, 2.05) is 37.8 Å². The van der Waals surface area contributed by atoms with Crippen LogP contribution in [0.15, 0.2) is 18.2 Å². The number of aromatic nitrogens is 1. The van der Waals surface area contributed by atoms with Crippen LogP contribution in [0.5, 0.6) is 0 Å². The number of rotatable bonds is 1. The normalized spacial score (nSPS) is 18.9. The van der Waals surface area contributed by atoms with E-state index in [1.165, 1.54) is 11.3 Å². The molecule has 4 nitrogen and oxygen atoms in total. The second-order valence-corrected chi connectivity index (χ2v) is 8.00. The molecule has 0 bridgehead atoms. The number of H-pyrrole nitrogens is 1. The summed E-state index contributed by atoms with van der Waals surface area (Å²) in [6.45, 7) is 9.26. The SMILES string of the molecule is Cc1c(C2CCCN(C(=O)OC(C)(C)C)C2)[nH]c2c(Cl)cccc12. The van der Waals surface area contributed by atoms with Gasteiger partial charge in [0.1, 0.15) is 5.60 Å². The number of carbonyl (C=O) groups excluding carboxylic acids is 1. The van der Waals surface area contributed by atoms with Crippen molar-refractivity contribution in [3.8, 4) is 0 Å². The van der Waals surface area contributed by atoms with E-state index in [0.717, 1.165) is 35.3 Å². The molecule has 1 aliphatic rings. The van der Waals surface area contributed by atoms with Crippen LogP contribution in [-0.2, 0) is 4.74 Å². The summed E-state index contributed by atoms with van der Waals surface area (Å²) in [7, 11) is 0. The van der Waals surface area contributed by atoms with Crippen molar-refractivity contribution >= 4 is 28.6 Å². The number of amides is 1. The van der Waals surface area contributed by atoms with Crippen LogP contribution in [0.1, 0.15) is 50.8 Å². The number of nitrogens with one attached hydrogen (secondary N) is 1. The molecule has 1 aromatic carbocycles. The molecule has 1 saturated heterocycles. The van der Waals surface area contributed by atoms with Gasteiger partial charge in [-0.3, -0.25) is 0 Å². The van der Waals surface area contributed by atoms with Crippen molar-refractivity contribution in [2.75, 3.05) is 13.1 Å². The molecule has 1 atom stereocenters. The number of carbonyl (C=O) groups is 1. The number of ether oxygens (including phenoxy) is 1. The maximum Gasteiger partial charge on any atom is 0.410 e. The van der Waals surface area contributed by atoms with Gasteiger partial charge in [-0.2, -0.15) is 0 Å². The molecule has 1 fully saturated rings. The lowest BCUT2D eigenvalue weighted by Gasteiger charge is -2.34. The number of likely N-dealkylation sites (tertiary alicyclic amines) is 1. The third-order valence-corrected chi connectivity index (χ3v) is 4.88. The van der Waals surface area contributed by atoms with E-state index in [0.29, 0.717) is 6.54 Å². The second kappa shape index (κ2) is 6.32. The number of halogens is 1. The molecule has 2 aromatic rings. The Morgan fingerprint density at radius 1 is 1.38 bits per heavy atom. The Morgan fingerprint density at radius 2 is 2.12 bits per heavy atom. The fraction of sp³-hybridized carbons (Fsp3) is 0.526. The molecule has 1 amide bonds. The Kier molecular flexibility index (Phi) is 4.52. The molecular weight excluding hydrogens is 324 g/mol. The molecule has 24 heavy (non-hydrogen) atoms. The van der Waals surface area contributed by atoms with Crippen molar-refractivity contribution in [2.45, 2.75) is 52.1 Å². The van der Waals surface area contributed by atoms with Crippen LogP contribution in [-0.4, -0.2) is 34.7 Å². The van der Waals surface area contributed by atoms with Crippen LogP contribution in [0.25, 0.3) is 10.9 Å². The summed E-state index contributed by atoms with van der Waals surface area (Å²) in [5.41, 5.74) is 2.94. The van der Waals surface area contributed by atoms with Crippen molar-refractivity contribution in [2.24, 2.45) is 0 Å². The van der Waals surface area contributed by atoms with Gasteiger partial charge in [-0.05, 0) is 52.2 Å². The molecule has 1 aromatic heterocycles. The van der Waals surface area contributed by atoms with Gasteiger partial charge < -0.3 is 14.6 Å². The second-order valence-electron chi connectivity index (χ2n) is 7.59. The summed E-state index contributed by atoms with van der Waals surface area (Å²) < 4.78 is 5.53. The lowest BCUT2D eigenvalue weighted by Crippen LogP contribution is -2.42. The minimum absolute atomic E-state index is 0.223. The first-order valence-corrected chi connectivity index (χ1v) is 8.88. The third-order valence-electron chi connectivity index (χ3n) is 4.56. The Balaban J connectivity index is 1.84. The molecule has 1 N–H and O–H groups in total. The minimum Gasteiger partial charge on any atom is -0.444 e. The highest BCUT2D eigenvalue weighted by Crippen LogP contribution is 2.35. The van der Waals surface area contributed by atoms with Crippen LogP contribution >= 0.6 is 11.6 Å². The lowest BCUT2D eigenvalue weighted by atomic mass is 9.92. The van der Waals surface area contributed by atoms with Crippen LogP contribution in [0.3, 0.4) is 0 Å². The zero-order chi connectivity index (χ0) is 17.5. The third kappa shape index (κ3) is 3.39. The van der Waals surface area contributed by atoms with E-state index in [2.05, 4.69) is 18.0 Å². The maximum atomic E-state index is 12.4. The van der Waals surface area contributed by atoms with E-state index in [1.54, 1.807) is 0 Å². The van der Waals surface area contributed by atoms with Crippen molar-refractivity contribution in [3.05, 3.63) is 34.5 Å². The van der Waals surface area contributed by atoms with Gasteiger partial charge in [-0.1, -0.05) is 23.7 Å². The van der Waals surface area contributed by atoms with Crippen molar-refractivity contribution in [1.29, 1.82) is 0 Å². The van der Waals surface area contributed by atoms with Crippen LogP contribution in [0.4, 0.5) is 4.79 Å².